The molecule has 0 atom stereocenters. The van der Waals surface area contributed by atoms with E-state index >= 15 is 0 Å². The van der Waals surface area contributed by atoms with Gasteiger partial charge in [0.05, 0.1) is 23.7 Å². The fourth-order valence-electron chi connectivity index (χ4n) is 2.68. The zero-order valence-corrected chi connectivity index (χ0v) is 15.7. The van der Waals surface area contributed by atoms with Crippen molar-refractivity contribution in [3.63, 3.8) is 0 Å². The second-order valence-electron chi connectivity index (χ2n) is 6.15. The topological polar surface area (TPSA) is 125 Å². The molecular weight excluding hydrogens is 378 g/mol. The van der Waals surface area contributed by atoms with Gasteiger partial charge < -0.3 is 10.6 Å². The van der Waals surface area contributed by atoms with Crippen LogP contribution >= 0.6 is 0 Å². The molecule has 4 rings (SSSR count). The van der Waals surface area contributed by atoms with Crippen LogP contribution in [0.25, 0.3) is 10.9 Å². The average molecular weight is 395 g/mol. The molecule has 28 heavy (non-hydrogen) atoms. The highest BCUT2D eigenvalue weighted by molar-refractivity contribution is 7.92. The maximum Gasteiger partial charge on any atom is 0.229 e. The summed E-state index contributed by atoms with van der Waals surface area (Å²) in [6, 6.07) is 16.5. The third kappa shape index (κ3) is 4.18. The van der Waals surface area contributed by atoms with Crippen LogP contribution in [0, 0.1) is 0 Å². The summed E-state index contributed by atoms with van der Waals surface area (Å²) >= 11 is 0. The lowest BCUT2D eigenvalue weighted by molar-refractivity contribution is 0.607. The number of benzene rings is 2. The Kier molecular flexibility index (Phi) is 4.53. The Bertz CT molecular complexity index is 1220. The van der Waals surface area contributed by atoms with Crippen molar-refractivity contribution in [2.45, 2.75) is 0 Å². The molecule has 9 nitrogen and oxygen atoms in total. The van der Waals surface area contributed by atoms with Crippen LogP contribution in [0.1, 0.15) is 0 Å². The van der Waals surface area contributed by atoms with Crippen molar-refractivity contribution in [3.05, 3.63) is 60.8 Å². The van der Waals surface area contributed by atoms with Crippen LogP contribution in [0.2, 0.25) is 0 Å². The molecule has 2 aromatic carbocycles. The maximum atomic E-state index is 11.3. The monoisotopic (exact) mass is 395 g/mol. The fourth-order valence-corrected chi connectivity index (χ4v) is 3.24. The van der Waals surface area contributed by atoms with Crippen LogP contribution in [0.5, 0.6) is 0 Å². The quantitative estimate of drug-likeness (QED) is 0.395. The van der Waals surface area contributed by atoms with E-state index in [9.17, 15) is 8.42 Å². The molecule has 10 heteroatoms. The number of rotatable bonds is 6. The predicted molar refractivity (Wildman–Crippen MR) is 110 cm³/mol. The van der Waals surface area contributed by atoms with Crippen LogP contribution in [0.15, 0.2) is 60.8 Å². The number of aromatic nitrogens is 4. The minimum Gasteiger partial charge on any atom is -0.354 e. The van der Waals surface area contributed by atoms with Crippen molar-refractivity contribution in [1.82, 2.24) is 20.4 Å². The van der Waals surface area contributed by atoms with Crippen LogP contribution < -0.4 is 15.4 Å². The number of hydrogen-bond donors (Lipinski definition) is 4. The molecule has 0 radical (unpaired) electrons. The molecule has 0 unspecified atom stereocenters. The van der Waals surface area contributed by atoms with Crippen LogP contribution in [0.3, 0.4) is 0 Å². The Labute approximate surface area is 161 Å². The minimum atomic E-state index is -3.30. The first-order valence-electron chi connectivity index (χ1n) is 8.34. The zero-order valence-electron chi connectivity index (χ0n) is 14.8. The van der Waals surface area contributed by atoms with E-state index < -0.39 is 10.0 Å². The summed E-state index contributed by atoms with van der Waals surface area (Å²) in [7, 11) is -3.30. The molecule has 0 spiro atoms. The highest BCUT2D eigenvalue weighted by atomic mass is 32.2. The molecule has 0 fully saturated rings. The number of nitrogens with zero attached hydrogens (tertiary/aromatic N) is 3. The van der Waals surface area contributed by atoms with E-state index in [-0.39, 0.29) is 0 Å². The molecule has 0 bridgehead atoms. The van der Waals surface area contributed by atoms with Crippen molar-refractivity contribution >= 4 is 49.6 Å². The zero-order chi connectivity index (χ0) is 19.6. The van der Waals surface area contributed by atoms with E-state index in [1.807, 2.05) is 24.3 Å². The molecule has 0 aliphatic carbocycles. The largest absolute Gasteiger partial charge is 0.354 e. The van der Waals surface area contributed by atoms with Gasteiger partial charge in [0.2, 0.25) is 10.0 Å². The Morgan fingerprint density at radius 2 is 1.68 bits per heavy atom. The number of para-hydroxylation sites is 1. The number of anilines is 5. The third-order valence-corrected chi connectivity index (χ3v) is 4.45. The van der Waals surface area contributed by atoms with E-state index in [0.29, 0.717) is 17.3 Å². The number of H-pyrrole nitrogens is 1. The SMILES string of the molecule is CS(=O)(=O)Nc1ccc(Nc2cnnc(Nc3n[nH]c4ccccc34)c2)cc1. The molecule has 142 valence electrons. The predicted octanol–water partition coefficient (Wildman–Crippen LogP) is 3.21. The van der Waals surface area contributed by atoms with E-state index in [1.165, 1.54) is 0 Å². The summed E-state index contributed by atoms with van der Waals surface area (Å²) in [6.45, 7) is 0. The van der Waals surface area contributed by atoms with Gasteiger partial charge in [0.15, 0.2) is 11.6 Å². The van der Waals surface area contributed by atoms with Crippen molar-refractivity contribution in [1.29, 1.82) is 0 Å². The number of nitrogens with one attached hydrogen (secondary N) is 4. The molecule has 4 aromatic rings. The van der Waals surface area contributed by atoms with Gasteiger partial charge in [-0.1, -0.05) is 12.1 Å². The highest BCUT2D eigenvalue weighted by Gasteiger charge is 2.07. The van der Waals surface area contributed by atoms with Gasteiger partial charge in [-0.25, -0.2) is 8.42 Å². The lowest BCUT2D eigenvalue weighted by Crippen LogP contribution is -2.09. The molecule has 0 saturated heterocycles. The van der Waals surface area contributed by atoms with Gasteiger partial charge in [-0.15, -0.1) is 5.10 Å². The van der Waals surface area contributed by atoms with Gasteiger partial charge in [0.1, 0.15) is 0 Å². The number of sulfonamides is 1. The second-order valence-corrected chi connectivity index (χ2v) is 7.90. The van der Waals surface area contributed by atoms with Crippen LogP contribution in [0.4, 0.5) is 28.7 Å². The Hall–Kier alpha value is -3.66. The summed E-state index contributed by atoms with van der Waals surface area (Å²) in [4.78, 5) is 0. The van der Waals surface area contributed by atoms with E-state index in [0.717, 1.165) is 28.5 Å². The Morgan fingerprint density at radius 1 is 0.929 bits per heavy atom. The van der Waals surface area contributed by atoms with Gasteiger partial charge >= 0.3 is 0 Å². The summed E-state index contributed by atoms with van der Waals surface area (Å²) in [6.07, 6.45) is 2.70. The minimum absolute atomic E-state index is 0.494. The molecule has 2 aromatic heterocycles. The van der Waals surface area contributed by atoms with Crippen molar-refractivity contribution in [3.8, 4) is 0 Å². The van der Waals surface area contributed by atoms with Gasteiger partial charge in [0, 0.05) is 22.8 Å². The van der Waals surface area contributed by atoms with Crippen molar-refractivity contribution in [2.24, 2.45) is 0 Å². The maximum absolute atomic E-state index is 11.3. The lowest BCUT2D eigenvalue weighted by atomic mass is 10.2. The first-order chi connectivity index (χ1) is 13.5. The Balaban J connectivity index is 1.49. The van der Waals surface area contributed by atoms with Crippen molar-refractivity contribution in [2.75, 3.05) is 21.6 Å². The van der Waals surface area contributed by atoms with E-state index in [2.05, 4.69) is 35.8 Å². The molecule has 0 aliphatic rings. The smallest absolute Gasteiger partial charge is 0.229 e. The number of hydrogen-bond acceptors (Lipinski definition) is 7. The van der Waals surface area contributed by atoms with E-state index in [4.69, 9.17) is 0 Å². The van der Waals surface area contributed by atoms with Crippen molar-refractivity contribution < 1.29 is 8.42 Å². The number of fused-ring (bicyclic) bond motifs is 1. The molecule has 4 N–H and O–H groups in total. The summed E-state index contributed by atoms with van der Waals surface area (Å²) < 4.78 is 25.0. The number of aromatic amines is 1. The third-order valence-electron chi connectivity index (χ3n) is 3.85. The van der Waals surface area contributed by atoms with Gasteiger partial charge in [0.25, 0.3) is 0 Å². The van der Waals surface area contributed by atoms with Crippen LogP contribution in [-0.2, 0) is 10.0 Å². The molecule has 0 aliphatic heterocycles. The molecule has 0 saturated carbocycles. The average Bonchev–Trinajstić information content (AvgIpc) is 3.06. The second kappa shape index (κ2) is 7.16. The normalized spacial score (nSPS) is 11.3. The summed E-state index contributed by atoms with van der Waals surface area (Å²) in [5, 5.41) is 22.6. The standard InChI is InChI=1S/C18H17N7O2S/c1-28(26,27)25-13-8-6-12(7-9-13)20-14-10-17(23-19-11-14)21-18-15-4-2-3-5-16(15)22-24-18/h2-11,25H,1H3,(H3,20,21,22,23,24). The fraction of sp³-hybridized carbons (Fsp3) is 0.0556. The van der Waals surface area contributed by atoms with Gasteiger partial charge in [-0.05, 0) is 36.4 Å². The summed E-state index contributed by atoms with van der Waals surface area (Å²) in [5.74, 6) is 1.20. The highest BCUT2D eigenvalue weighted by Crippen LogP contribution is 2.24. The molecule has 2 heterocycles. The summed E-state index contributed by atoms with van der Waals surface area (Å²) in [5.41, 5.74) is 2.92. The van der Waals surface area contributed by atoms with E-state index in [1.54, 1.807) is 36.5 Å². The first kappa shape index (κ1) is 17.7. The molecule has 0 amide bonds. The lowest BCUT2D eigenvalue weighted by Gasteiger charge is -2.09. The molecular formula is C18H17N7O2S. The van der Waals surface area contributed by atoms with Gasteiger partial charge in [-0.3, -0.25) is 9.82 Å². The van der Waals surface area contributed by atoms with Crippen LogP contribution in [-0.4, -0.2) is 35.1 Å². The first-order valence-corrected chi connectivity index (χ1v) is 10.2. The Morgan fingerprint density at radius 3 is 2.46 bits per heavy atom. The van der Waals surface area contributed by atoms with Gasteiger partial charge in [-0.2, -0.15) is 10.2 Å².